The molecule has 2 aromatic rings. The van der Waals surface area contributed by atoms with E-state index in [4.69, 9.17) is 15.2 Å². The molecule has 11 heteroatoms. The van der Waals surface area contributed by atoms with Crippen molar-refractivity contribution in [2.75, 3.05) is 20.3 Å². The number of nitrogens with two attached hydrogens (primary N) is 1. The minimum absolute atomic E-state index is 0.0636. The molecule has 27 heavy (non-hydrogen) atoms. The van der Waals surface area contributed by atoms with Gasteiger partial charge < -0.3 is 19.9 Å². The second-order valence-electron chi connectivity index (χ2n) is 5.37. The highest BCUT2D eigenvalue weighted by atomic mass is 19.1. The van der Waals surface area contributed by atoms with Crippen LogP contribution in [0.3, 0.4) is 0 Å². The largest absolute Gasteiger partial charge is 0.486 e. The van der Waals surface area contributed by atoms with E-state index in [0.29, 0.717) is 4.68 Å². The molecule has 0 bridgehead atoms. The molecular weight excluding hydrogens is 368 g/mol. The zero-order chi connectivity index (χ0) is 19.7. The summed E-state index contributed by atoms with van der Waals surface area (Å²) in [5.41, 5.74) is 3.48. The molecule has 1 aromatic heterocycles. The first-order valence-electron chi connectivity index (χ1n) is 7.59. The predicted molar refractivity (Wildman–Crippen MR) is 83.9 cm³/mol. The molecule has 1 aliphatic rings. The van der Waals surface area contributed by atoms with Crippen molar-refractivity contribution in [1.82, 2.24) is 9.78 Å². The first kappa shape index (κ1) is 18.3. The summed E-state index contributed by atoms with van der Waals surface area (Å²) in [6, 6.07) is 3.15. The quantitative estimate of drug-likeness (QED) is 0.606. The van der Waals surface area contributed by atoms with Gasteiger partial charge in [0.1, 0.15) is 18.9 Å². The van der Waals surface area contributed by atoms with Gasteiger partial charge in [0.05, 0.1) is 12.7 Å². The van der Waals surface area contributed by atoms with E-state index in [1.807, 2.05) is 0 Å². The Kier molecular flexibility index (Phi) is 4.75. The molecule has 9 nitrogen and oxygen atoms in total. The lowest BCUT2D eigenvalue weighted by atomic mass is 10.1. The van der Waals surface area contributed by atoms with E-state index >= 15 is 0 Å². The van der Waals surface area contributed by atoms with E-state index in [2.05, 4.69) is 9.84 Å². The van der Waals surface area contributed by atoms with Gasteiger partial charge in [-0.2, -0.15) is 5.10 Å². The van der Waals surface area contributed by atoms with Crippen LogP contribution in [0.25, 0.3) is 0 Å². The zero-order valence-corrected chi connectivity index (χ0v) is 13.9. The molecule has 2 heterocycles. The smallest absolute Gasteiger partial charge is 0.358 e. The number of amides is 1. The molecule has 0 radical (unpaired) electrons. The maximum absolute atomic E-state index is 14.8. The molecule has 0 spiro atoms. The molecule has 0 aliphatic carbocycles. The minimum Gasteiger partial charge on any atom is -0.486 e. The lowest BCUT2D eigenvalue weighted by molar-refractivity contribution is 0.0587. The third kappa shape index (κ3) is 3.18. The predicted octanol–water partition coefficient (Wildman–Crippen LogP) is 1.03. The number of esters is 1. The summed E-state index contributed by atoms with van der Waals surface area (Å²) >= 11 is 0. The van der Waals surface area contributed by atoms with Crippen molar-refractivity contribution in [2.45, 2.75) is 6.30 Å². The van der Waals surface area contributed by atoms with E-state index in [9.17, 15) is 23.2 Å². The fourth-order valence-corrected chi connectivity index (χ4v) is 2.47. The van der Waals surface area contributed by atoms with Gasteiger partial charge in [0, 0.05) is 6.07 Å². The molecule has 1 aliphatic heterocycles. The Bertz CT molecular complexity index is 942. The van der Waals surface area contributed by atoms with Gasteiger partial charge >= 0.3 is 5.97 Å². The van der Waals surface area contributed by atoms with Crippen LogP contribution >= 0.6 is 0 Å². The molecule has 0 fully saturated rings. The van der Waals surface area contributed by atoms with Gasteiger partial charge in [-0.1, -0.05) is 0 Å². The van der Waals surface area contributed by atoms with Crippen LogP contribution in [0.4, 0.5) is 8.78 Å². The number of carbonyl (C=O) groups is 3. The molecule has 2 N–H and O–H groups in total. The molecule has 142 valence electrons. The first-order chi connectivity index (χ1) is 12.8. The number of halogens is 2. The number of fused-ring (bicyclic) bond motifs is 1. The van der Waals surface area contributed by atoms with Gasteiger partial charge in [-0.3, -0.25) is 9.59 Å². The third-order valence-corrected chi connectivity index (χ3v) is 3.73. The van der Waals surface area contributed by atoms with Crippen LogP contribution in [-0.2, 0) is 4.74 Å². The van der Waals surface area contributed by atoms with Crippen LogP contribution in [0.15, 0.2) is 18.2 Å². The zero-order valence-electron chi connectivity index (χ0n) is 13.9. The Morgan fingerprint density at radius 3 is 2.67 bits per heavy atom. The number of aromatic nitrogens is 2. The Labute approximate surface area is 150 Å². The summed E-state index contributed by atoms with van der Waals surface area (Å²) in [5.74, 6) is -4.81. The monoisotopic (exact) mass is 381 g/mol. The number of ketones is 1. The van der Waals surface area contributed by atoms with E-state index in [1.54, 1.807) is 0 Å². The number of methoxy groups -OCH3 is 1. The van der Waals surface area contributed by atoms with Crippen LogP contribution in [0, 0.1) is 5.82 Å². The lowest BCUT2D eigenvalue weighted by Crippen LogP contribution is -2.25. The SMILES string of the molecule is COC(=O)c1cc(C(N)=O)n(C(F)C(=O)c2ccc3c(c2F)OCCO3)n1. The maximum Gasteiger partial charge on any atom is 0.358 e. The number of alkyl halides is 1. The molecule has 1 amide bonds. The third-order valence-electron chi connectivity index (χ3n) is 3.73. The topological polar surface area (TPSA) is 123 Å². The second-order valence-corrected chi connectivity index (χ2v) is 5.37. The Morgan fingerprint density at radius 1 is 1.30 bits per heavy atom. The van der Waals surface area contributed by atoms with Crippen molar-refractivity contribution in [3.63, 3.8) is 0 Å². The molecule has 1 aromatic carbocycles. The van der Waals surface area contributed by atoms with Crippen LogP contribution < -0.4 is 15.2 Å². The van der Waals surface area contributed by atoms with Crippen molar-refractivity contribution < 1.29 is 37.4 Å². The van der Waals surface area contributed by atoms with E-state index < -0.39 is 46.7 Å². The van der Waals surface area contributed by atoms with Crippen LogP contribution in [-0.4, -0.2) is 47.8 Å². The molecule has 1 atom stereocenters. The highest BCUT2D eigenvalue weighted by molar-refractivity contribution is 6.00. The van der Waals surface area contributed by atoms with Crippen molar-refractivity contribution in [3.05, 3.63) is 41.0 Å². The van der Waals surface area contributed by atoms with E-state index in [-0.39, 0.29) is 24.7 Å². The van der Waals surface area contributed by atoms with E-state index in [1.165, 1.54) is 6.07 Å². The summed E-state index contributed by atoms with van der Waals surface area (Å²) < 4.78 is 44.3. The average molecular weight is 381 g/mol. The number of nitrogens with zero attached hydrogens (tertiary/aromatic N) is 2. The Hall–Kier alpha value is -3.50. The van der Waals surface area contributed by atoms with Gasteiger partial charge in [-0.25, -0.2) is 18.3 Å². The number of benzene rings is 1. The summed E-state index contributed by atoms with van der Waals surface area (Å²) in [6.45, 7) is 0.269. The van der Waals surface area contributed by atoms with Crippen LogP contribution in [0.1, 0.15) is 37.6 Å². The number of rotatable bonds is 5. The number of Topliss-reactive ketones (excluding diaryl/α,β-unsaturated/α-hetero) is 1. The molecule has 0 saturated carbocycles. The minimum atomic E-state index is -2.62. The molecule has 1 unspecified atom stereocenters. The standard InChI is InChI=1S/C16H13F2N3O6/c1-25-16(24)8-6-9(15(19)23)21(20-8)14(18)12(22)7-2-3-10-13(11(7)17)27-5-4-26-10/h2-3,6,14H,4-5H2,1H3,(H2,19,23). The lowest BCUT2D eigenvalue weighted by Gasteiger charge is -2.20. The van der Waals surface area contributed by atoms with Gasteiger partial charge in [0.2, 0.25) is 5.78 Å². The van der Waals surface area contributed by atoms with Gasteiger partial charge in [0.25, 0.3) is 12.2 Å². The number of primary amides is 1. The number of ether oxygens (including phenoxy) is 3. The number of hydrogen-bond donors (Lipinski definition) is 1. The summed E-state index contributed by atoms with van der Waals surface area (Å²) in [5, 5.41) is 3.53. The van der Waals surface area contributed by atoms with Crippen molar-refractivity contribution >= 4 is 17.7 Å². The molecule has 3 rings (SSSR count). The average Bonchev–Trinajstić information content (AvgIpc) is 3.12. The van der Waals surface area contributed by atoms with Crippen LogP contribution in [0.5, 0.6) is 11.5 Å². The Morgan fingerprint density at radius 2 is 2.00 bits per heavy atom. The first-order valence-corrected chi connectivity index (χ1v) is 7.59. The number of carbonyl (C=O) groups excluding carboxylic acids is 3. The maximum atomic E-state index is 14.8. The van der Waals surface area contributed by atoms with Crippen molar-refractivity contribution in [3.8, 4) is 11.5 Å². The van der Waals surface area contributed by atoms with Gasteiger partial charge in [0.15, 0.2) is 23.0 Å². The number of hydrogen-bond acceptors (Lipinski definition) is 7. The summed E-state index contributed by atoms with van der Waals surface area (Å²) in [6.07, 6.45) is -2.62. The summed E-state index contributed by atoms with van der Waals surface area (Å²) in [7, 11) is 1.05. The van der Waals surface area contributed by atoms with Gasteiger partial charge in [-0.05, 0) is 12.1 Å². The molecular formula is C16H13F2N3O6. The molecule has 0 saturated heterocycles. The van der Waals surface area contributed by atoms with Crippen molar-refractivity contribution in [1.29, 1.82) is 0 Å². The normalized spacial score (nSPS) is 13.7. The highest BCUT2D eigenvalue weighted by Crippen LogP contribution is 2.36. The van der Waals surface area contributed by atoms with E-state index in [0.717, 1.165) is 19.2 Å². The highest BCUT2D eigenvalue weighted by Gasteiger charge is 2.32. The Balaban J connectivity index is 2.00. The fourth-order valence-electron chi connectivity index (χ4n) is 2.47. The fraction of sp³-hybridized carbons (Fsp3) is 0.250. The second kappa shape index (κ2) is 7.02. The van der Waals surface area contributed by atoms with Gasteiger partial charge in [-0.15, -0.1) is 0 Å². The van der Waals surface area contributed by atoms with Crippen molar-refractivity contribution in [2.24, 2.45) is 5.73 Å². The van der Waals surface area contributed by atoms with Crippen LogP contribution in [0.2, 0.25) is 0 Å². The summed E-state index contributed by atoms with van der Waals surface area (Å²) in [4.78, 5) is 35.5.